The van der Waals surface area contributed by atoms with Crippen molar-refractivity contribution in [1.29, 1.82) is 0 Å². The average molecular weight is 357 g/mol. The molecular weight excluding hydrogens is 340 g/mol. The summed E-state index contributed by atoms with van der Waals surface area (Å²) in [5, 5.41) is 3.70. The highest BCUT2D eigenvalue weighted by Gasteiger charge is 2.15. The van der Waals surface area contributed by atoms with E-state index >= 15 is 0 Å². The first-order valence-electron chi connectivity index (χ1n) is 7.60. The number of aliphatic imine (C=N–C) groups is 1. The van der Waals surface area contributed by atoms with Crippen LogP contribution in [0, 0.1) is 0 Å². The van der Waals surface area contributed by atoms with Gasteiger partial charge in [0.1, 0.15) is 18.1 Å². The molecular formula is C18H17ClN4O2. The monoisotopic (exact) mass is 356 g/mol. The maximum Gasteiger partial charge on any atom is 0.274 e. The molecule has 0 radical (unpaired) electrons. The van der Waals surface area contributed by atoms with Crippen LogP contribution in [0.15, 0.2) is 53.5 Å². The Labute approximate surface area is 149 Å². The minimum Gasteiger partial charge on any atom is -0.487 e. The first kappa shape index (κ1) is 16.9. The van der Waals surface area contributed by atoms with Crippen LogP contribution in [0.4, 0.5) is 0 Å². The Morgan fingerprint density at radius 3 is 2.76 bits per heavy atom. The Morgan fingerprint density at radius 2 is 2.04 bits per heavy atom. The Balaban J connectivity index is 1.89. The molecule has 2 aromatic carbocycles. The second-order valence-electron chi connectivity index (χ2n) is 5.35. The molecule has 0 saturated carbocycles. The van der Waals surface area contributed by atoms with Gasteiger partial charge < -0.3 is 15.5 Å². The van der Waals surface area contributed by atoms with Crippen LogP contribution < -0.4 is 15.8 Å². The van der Waals surface area contributed by atoms with Gasteiger partial charge in [-0.25, -0.2) is 0 Å². The number of aromatic amines is 1. The highest BCUT2D eigenvalue weighted by atomic mass is 35.5. The van der Waals surface area contributed by atoms with Crippen LogP contribution in [-0.2, 0) is 6.61 Å². The molecule has 0 saturated heterocycles. The van der Waals surface area contributed by atoms with Gasteiger partial charge in [0, 0.05) is 12.4 Å². The summed E-state index contributed by atoms with van der Waals surface area (Å²) in [4.78, 5) is 18.9. The SMILES string of the molecule is CN=C(N)NC(=O)c1cc2c(Cl)ccc(OCc3ccccc3)c2[nH]1. The molecule has 0 aliphatic rings. The van der Waals surface area contributed by atoms with E-state index < -0.39 is 5.91 Å². The maximum atomic E-state index is 12.2. The van der Waals surface area contributed by atoms with Gasteiger partial charge in [-0.2, -0.15) is 0 Å². The van der Waals surface area contributed by atoms with Crippen LogP contribution in [-0.4, -0.2) is 23.9 Å². The summed E-state index contributed by atoms with van der Waals surface area (Å²) in [7, 11) is 1.49. The molecule has 0 unspecified atom stereocenters. The summed E-state index contributed by atoms with van der Waals surface area (Å²) >= 11 is 6.24. The first-order valence-corrected chi connectivity index (χ1v) is 7.98. The predicted molar refractivity (Wildman–Crippen MR) is 99.1 cm³/mol. The summed E-state index contributed by atoms with van der Waals surface area (Å²) < 4.78 is 5.89. The van der Waals surface area contributed by atoms with Gasteiger partial charge in [0.15, 0.2) is 5.96 Å². The molecule has 3 rings (SSSR count). The second-order valence-corrected chi connectivity index (χ2v) is 5.76. The van der Waals surface area contributed by atoms with Gasteiger partial charge in [0.25, 0.3) is 5.91 Å². The average Bonchev–Trinajstić information content (AvgIpc) is 3.08. The van der Waals surface area contributed by atoms with E-state index in [-0.39, 0.29) is 5.96 Å². The molecule has 25 heavy (non-hydrogen) atoms. The number of H-pyrrole nitrogens is 1. The third-order valence-electron chi connectivity index (χ3n) is 3.67. The zero-order chi connectivity index (χ0) is 17.8. The maximum absolute atomic E-state index is 12.2. The summed E-state index contributed by atoms with van der Waals surface area (Å²) in [6.07, 6.45) is 0. The first-order chi connectivity index (χ1) is 12.1. The third kappa shape index (κ3) is 3.75. The fraction of sp³-hybridized carbons (Fsp3) is 0.111. The van der Waals surface area contributed by atoms with Gasteiger partial charge in [0.05, 0.1) is 10.5 Å². The van der Waals surface area contributed by atoms with E-state index in [4.69, 9.17) is 22.1 Å². The van der Waals surface area contributed by atoms with Crippen molar-refractivity contribution < 1.29 is 9.53 Å². The van der Waals surface area contributed by atoms with Crippen molar-refractivity contribution in [3.63, 3.8) is 0 Å². The number of carbonyl (C=O) groups excluding carboxylic acids is 1. The number of nitrogens with one attached hydrogen (secondary N) is 2. The van der Waals surface area contributed by atoms with Crippen molar-refractivity contribution in [3.05, 3.63) is 64.8 Å². The Hall–Kier alpha value is -2.99. The van der Waals surface area contributed by atoms with E-state index in [1.54, 1.807) is 18.2 Å². The normalized spacial score (nSPS) is 11.5. The molecule has 1 amide bonds. The number of benzene rings is 2. The molecule has 128 valence electrons. The molecule has 4 N–H and O–H groups in total. The van der Waals surface area contributed by atoms with Crippen molar-refractivity contribution in [2.75, 3.05) is 7.05 Å². The molecule has 7 heteroatoms. The number of aromatic nitrogens is 1. The predicted octanol–water partition coefficient (Wildman–Crippen LogP) is 3.07. The number of hydrogen-bond acceptors (Lipinski definition) is 3. The minimum atomic E-state index is -0.399. The number of ether oxygens (including phenoxy) is 1. The number of amides is 1. The van der Waals surface area contributed by atoms with Gasteiger partial charge in [-0.15, -0.1) is 0 Å². The second kappa shape index (κ2) is 7.27. The summed E-state index contributed by atoms with van der Waals surface area (Å²) in [6.45, 7) is 0.410. The quantitative estimate of drug-likeness (QED) is 0.495. The molecule has 0 fully saturated rings. The number of fused-ring (bicyclic) bond motifs is 1. The highest BCUT2D eigenvalue weighted by Crippen LogP contribution is 2.32. The molecule has 1 aromatic heterocycles. The lowest BCUT2D eigenvalue weighted by molar-refractivity contribution is 0.0972. The fourth-order valence-electron chi connectivity index (χ4n) is 2.38. The summed E-state index contributed by atoms with van der Waals surface area (Å²) in [6, 6.07) is 15.0. The Bertz CT molecular complexity index is 935. The standard InChI is InChI=1S/C18H17ClN4O2/c1-21-18(20)23-17(24)14-9-12-13(19)7-8-15(16(12)22-14)25-10-11-5-3-2-4-6-11/h2-9,22H,10H2,1H3,(H3,20,21,23,24). The van der Waals surface area contributed by atoms with Crippen LogP contribution in [0.2, 0.25) is 5.02 Å². The van der Waals surface area contributed by atoms with E-state index in [0.717, 1.165) is 5.56 Å². The number of halogens is 1. The molecule has 1 heterocycles. The smallest absolute Gasteiger partial charge is 0.274 e. The summed E-state index contributed by atoms with van der Waals surface area (Å²) in [5.41, 5.74) is 7.55. The van der Waals surface area contributed by atoms with Gasteiger partial charge in [-0.3, -0.25) is 15.1 Å². The van der Waals surface area contributed by atoms with Crippen molar-refractivity contribution in [1.82, 2.24) is 10.3 Å². The van der Waals surface area contributed by atoms with E-state index in [9.17, 15) is 4.79 Å². The van der Waals surface area contributed by atoms with Crippen molar-refractivity contribution in [2.45, 2.75) is 6.61 Å². The zero-order valence-electron chi connectivity index (χ0n) is 13.5. The van der Waals surface area contributed by atoms with Gasteiger partial charge in [0.2, 0.25) is 0 Å². The topological polar surface area (TPSA) is 92.5 Å². The third-order valence-corrected chi connectivity index (χ3v) is 4.00. The molecule has 0 bridgehead atoms. The van der Waals surface area contributed by atoms with Crippen LogP contribution in [0.25, 0.3) is 10.9 Å². The molecule has 6 nitrogen and oxygen atoms in total. The van der Waals surface area contributed by atoms with Gasteiger partial charge in [-0.1, -0.05) is 41.9 Å². The van der Waals surface area contributed by atoms with Crippen molar-refractivity contribution in [2.24, 2.45) is 10.7 Å². The van der Waals surface area contributed by atoms with Gasteiger partial charge in [-0.05, 0) is 23.8 Å². The number of nitrogens with zero attached hydrogens (tertiary/aromatic N) is 1. The number of carbonyl (C=O) groups is 1. The van der Waals surface area contributed by atoms with Crippen LogP contribution >= 0.6 is 11.6 Å². The molecule has 0 atom stereocenters. The lowest BCUT2D eigenvalue weighted by Gasteiger charge is -2.08. The van der Waals surface area contributed by atoms with Gasteiger partial charge >= 0.3 is 0 Å². The van der Waals surface area contributed by atoms with Crippen LogP contribution in [0.3, 0.4) is 0 Å². The van der Waals surface area contributed by atoms with Crippen LogP contribution in [0.1, 0.15) is 16.1 Å². The van der Waals surface area contributed by atoms with E-state index in [2.05, 4.69) is 15.3 Å². The number of nitrogens with two attached hydrogens (primary N) is 1. The Morgan fingerprint density at radius 1 is 1.28 bits per heavy atom. The minimum absolute atomic E-state index is 0.0373. The highest BCUT2D eigenvalue weighted by molar-refractivity contribution is 6.35. The molecule has 0 aliphatic carbocycles. The number of rotatable bonds is 4. The fourth-order valence-corrected chi connectivity index (χ4v) is 2.59. The van der Waals surface area contributed by atoms with Crippen molar-refractivity contribution in [3.8, 4) is 5.75 Å². The van der Waals surface area contributed by atoms with Crippen LogP contribution in [0.5, 0.6) is 5.75 Å². The molecule has 3 aromatic rings. The van der Waals surface area contributed by atoms with E-state index in [0.29, 0.717) is 34.0 Å². The molecule has 0 spiro atoms. The molecule has 0 aliphatic heterocycles. The Kier molecular flexibility index (Phi) is 4.90. The number of guanidine groups is 1. The zero-order valence-corrected chi connectivity index (χ0v) is 14.3. The number of hydrogen-bond donors (Lipinski definition) is 3. The largest absolute Gasteiger partial charge is 0.487 e. The lowest BCUT2D eigenvalue weighted by Crippen LogP contribution is -2.36. The van der Waals surface area contributed by atoms with E-state index in [1.165, 1.54) is 7.05 Å². The lowest BCUT2D eigenvalue weighted by atomic mass is 10.2. The van der Waals surface area contributed by atoms with Crippen molar-refractivity contribution >= 4 is 34.4 Å². The van der Waals surface area contributed by atoms with E-state index in [1.807, 2.05) is 30.3 Å². The summed E-state index contributed by atoms with van der Waals surface area (Å²) in [5.74, 6) is 0.249.